The van der Waals surface area contributed by atoms with Crippen LogP contribution < -0.4 is 5.32 Å². The molecule has 0 atom stereocenters. The second-order valence-corrected chi connectivity index (χ2v) is 3.90. The minimum atomic E-state index is -0.615. The Kier molecular flexibility index (Phi) is 3.71. The van der Waals surface area contributed by atoms with Crippen molar-refractivity contribution in [2.75, 3.05) is 5.32 Å². The van der Waals surface area contributed by atoms with Crippen molar-refractivity contribution in [3.63, 3.8) is 0 Å². The van der Waals surface area contributed by atoms with Crippen LogP contribution in [-0.4, -0.2) is 0 Å². The van der Waals surface area contributed by atoms with Gasteiger partial charge in [0.25, 0.3) is 0 Å². The Morgan fingerprint density at radius 3 is 2.47 bits per heavy atom. The van der Waals surface area contributed by atoms with E-state index in [2.05, 4.69) is 5.32 Å². The molecule has 2 rings (SSSR count). The van der Waals surface area contributed by atoms with E-state index in [1.807, 2.05) is 6.07 Å². The highest BCUT2D eigenvalue weighted by Crippen LogP contribution is 2.17. The summed E-state index contributed by atoms with van der Waals surface area (Å²) in [6.45, 7) is -0.0492. The smallest absolute Gasteiger partial charge is 0.147 e. The van der Waals surface area contributed by atoms with Crippen LogP contribution in [0.15, 0.2) is 36.4 Å². The highest BCUT2D eigenvalue weighted by molar-refractivity contribution is 5.49. The molecular weight excluding hydrogens is 253 g/mol. The monoisotopic (exact) mass is 262 g/mol. The number of benzene rings is 2. The van der Waals surface area contributed by atoms with Crippen LogP contribution >= 0.6 is 0 Å². The van der Waals surface area contributed by atoms with Gasteiger partial charge in [0, 0.05) is 12.1 Å². The number of rotatable bonds is 3. The average Bonchev–Trinajstić information content (AvgIpc) is 2.40. The molecule has 0 unspecified atom stereocenters. The molecule has 2 aromatic rings. The minimum Gasteiger partial charge on any atom is -0.378 e. The van der Waals surface area contributed by atoms with Crippen LogP contribution in [0.2, 0.25) is 0 Å². The zero-order valence-electron chi connectivity index (χ0n) is 9.75. The molecule has 0 heterocycles. The van der Waals surface area contributed by atoms with Crippen molar-refractivity contribution in [1.82, 2.24) is 0 Å². The molecule has 2 aromatic carbocycles. The standard InChI is InChI=1S/C14H9F3N2/c15-11-2-3-12(16)10(6-11)8-19-14-4-1-9(7-18)5-13(14)17/h1-6,19H,8H2. The van der Waals surface area contributed by atoms with Crippen molar-refractivity contribution in [2.24, 2.45) is 0 Å². The van der Waals surface area contributed by atoms with Gasteiger partial charge in [0.2, 0.25) is 0 Å². The minimum absolute atomic E-state index is 0.0492. The molecule has 0 aliphatic heterocycles. The molecule has 0 radical (unpaired) electrons. The Morgan fingerprint density at radius 1 is 1.00 bits per heavy atom. The fourth-order valence-electron chi connectivity index (χ4n) is 1.60. The van der Waals surface area contributed by atoms with Gasteiger partial charge in [-0.1, -0.05) is 0 Å². The van der Waals surface area contributed by atoms with Gasteiger partial charge in [-0.15, -0.1) is 0 Å². The van der Waals surface area contributed by atoms with Crippen molar-refractivity contribution in [1.29, 1.82) is 5.26 Å². The third-order valence-corrected chi connectivity index (χ3v) is 2.58. The van der Waals surface area contributed by atoms with Crippen LogP contribution in [0.3, 0.4) is 0 Å². The lowest BCUT2D eigenvalue weighted by Gasteiger charge is -2.08. The predicted octanol–water partition coefficient (Wildman–Crippen LogP) is 3.59. The van der Waals surface area contributed by atoms with Crippen LogP contribution in [0.25, 0.3) is 0 Å². The summed E-state index contributed by atoms with van der Waals surface area (Å²) in [5, 5.41) is 11.3. The van der Waals surface area contributed by atoms with Crippen molar-refractivity contribution >= 4 is 5.69 Å². The normalized spacial score (nSPS) is 10.0. The zero-order chi connectivity index (χ0) is 13.8. The quantitative estimate of drug-likeness (QED) is 0.917. The van der Waals surface area contributed by atoms with Crippen LogP contribution in [0.4, 0.5) is 18.9 Å². The number of hydrogen-bond acceptors (Lipinski definition) is 2. The molecule has 0 fully saturated rings. The maximum atomic E-state index is 13.5. The second kappa shape index (κ2) is 5.44. The molecule has 0 amide bonds. The van der Waals surface area contributed by atoms with E-state index in [1.165, 1.54) is 12.1 Å². The molecule has 96 valence electrons. The number of halogens is 3. The molecule has 5 heteroatoms. The average molecular weight is 262 g/mol. The summed E-state index contributed by atoms with van der Waals surface area (Å²) < 4.78 is 39.8. The lowest BCUT2D eigenvalue weighted by Crippen LogP contribution is -2.04. The summed E-state index contributed by atoms with van der Waals surface area (Å²) in [5.74, 6) is -1.74. The van der Waals surface area contributed by atoms with Gasteiger partial charge in [0.15, 0.2) is 0 Å². The summed E-state index contributed by atoms with van der Waals surface area (Å²) in [6.07, 6.45) is 0. The zero-order valence-corrected chi connectivity index (χ0v) is 9.75. The molecule has 0 saturated heterocycles. The summed E-state index contributed by atoms with van der Waals surface area (Å²) >= 11 is 0. The van der Waals surface area contributed by atoms with Gasteiger partial charge >= 0.3 is 0 Å². The van der Waals surface area contributed by atoms with Crippen LogP contribution in [0.1, 0.15) is 11.1 Å². The molecule has 0 aliphatic rings. The Hall–Kier alpha value is -2.48. The SMILES string of the molecule is N#Cc1ccc(NCc2cc(F)ccc2F)c(F)c1. The third-order valence-electron chi connectivity index (χ3n) is 2.58. The maximum absolute atomic E-state index is 13.5. The molecule has 19 heavy (non-hydrogen) atoms. The summed E-state index contributed by atoms with van der Waals surface area (Å²) in [4.78, 5) is 0. The lowest BCUT2D eigenvalue weighted by atomic mass is 10.2. The highest BCUT2D eigenvalue weighted by Gasteiger charge is 2.06. The van der Waals surface area contributed by atoms with Crippen molar-refractivity contribution in [3.8, 4) is 6.07 Å². The van der Waals surface area contributed by atoms with Crippen molar-refractivity contribution in [3.05, 3.63) is 65.0 Å². The van der Waals surface area contributed by atoms with Gasteiger partial charge in [0.1, 0.15) is 17.5 Å². The Bertz CT molecular complexity index is 648. The molecule has 0 spiro atoms. The Labute approximate surface area is 108 Å². The molecule has 0 bridgehead atoms. The van der Waals surface area contributed by atoms with E-state index in [4.69, 9.17) is 5.26 Å². The van der Waals surface area contributed by atoms with Gasteiger partial charge in [-0.3, -0.25) is 0 Å². The van der Waals surface area contributed by atoms with Crippen molar-refractivity contribution in [2.45, 2.75) is 6.54 Å². The van der Waals surface area contributed by atoms with Gasteiger partial charge in [0.05, 0.1) is 17.3 Å². The number of nitrogens with one attached hydrogen (secondary N) is 1. The Balaban J connectivity index is 2.15. The lowest BCUT2D eigenvalue weighted by molar-refractivity contribution is 0.587. The van der Waals surface area contributed by atoms with Gasteiger partial charge < -0.3 is 5.32 Å². The first-order chi connectivity index (χ1) is 9.10. The second-order valence-electron chi connectivity index (χ2n) is 3.90. The maximum Gasteiger partial charge on any atom is 0.147 e. The summed E-state index contributed by atoms with van der Waals surface area (Å²) in [5.41, 5.74) is 0.423. The first kappa shape index (κ1) is 13.0. The van der Waals surface area contributed by atoms with E-state index in [1.54, 1.807) is 0 Å². The van der Waals surface area contributed by atoms with E-state index in [9.17, 15) is 13.2 Å². The topological polar surface area (TPSA) is 35.8 Å². The van der Waals surface area contributed by atoms with E-state index in [-0.39, 0.29) is 23.4 Å². The van der Waals surface area contributed by atoms with E-state index < -0.39 is 17.5 Å². The molecule has 0 saturated carbocycles. The Morgan fingerprint density at radius 2 is 1.79 bits per heavy atom. The van der Waals surface area contributed by atoms with Gasteiger partial charge in [-0.2, -0.15) is 5.26 Å². The summed E-state index contributed by atoms with van der Waals surface area (Å²) in [6, 6.07) is 8.78. The predicted molar refractivity (Wildman–Crippen MR) is 64.8 cm³/mol. The van der Waals surface area contributed by atoms with Crippen molar-refractivity contribution < 1.29 is 13.2 Å². The van der Waals surface area contributed by atoms with Gasteiger partial charge in [-0.05, 0) is 36.4 Å². The first-order valence-corrected chi connectivity index (χ1v) is 5.47. The molecule has 1 N–H and O–H groups in total. The van der Waals surface area contributed by atoms with Crippen LogP contribution in [0, 0.1) is 28.8 Å². The van der Waals surface area contributed by atoms with E-state index >= 15 is 0 Å². The van der Waals surface area contributed by atoms with Gasteiger partial charge in [-0.25, -0.2) is 13.2 Å². The highest BCUT2D eigenvalue weighted by atomic mass is 19.1. The molecule has 0 aromatic heterocycles. The number of anilines is 1. The molecule has 2 nitrogen and oxygen atoms in total. The largest absolute Gasteiger partial charge is 0.378 e. The fourth-order valence-corrected chi connectivity index (χ4v) is 1.60. The number of nitriles is 1. The number of hydrogen-bond donors (Lipinski definition) is 1. The molecular formula is C14H9F3N2. The summed E-state index contributed by atoms with van der Waals surface area (Å²) in [7, 11) is 0. The first-order valence-electron chi connectivity index (χ1n) is 5.47. The van der Waals surface area contributed by atoms with Crippen LogP contribution in [-0.2, 0) is 6.54 Å². The van der Waals surface area contributed by atoms with Crippen LogP contribution in [0.5, 0.6) is 0 Å². The fraction of sp³-hybridized carbons (Fsp3) is 0.0714. The number of nitrogens with zero attached hydrogens (tertiary/aromatic N) is 1. The molecule has 0 aliphatic carbocycles. The third kappa shape index (κ3) is 3.05. The van der Waals surface area contributed by atoms with E-state index in [0.29, 0.717) is 0 Å². The van der Waals surface area contributed by atoms with E-state index in [0.717, 1.165) is 24.3 Å².